The van der Waals surface area contributed by atoms with E-state index < -0.39 is 11.9 Å². The molecular formula is C39H38FN5O6. The summed E-state index contributed by atoms with van der Waals surface area (Å²) in [4.78, 5) is 55.4. The quantitative estimate of drug-likeness (QED) is 0.240. The molecule has 12 heteroatoms. The van der Waals surface area contributed by atoms with E-state index in [4.69, 9.17) is 9.47 Å². The Hall–Kier alpha value is -5.49. The number of hydrogen-bond donors (Lipinski definition) is 2. The lowest BCUT2D eigenvalue weighted by Crippen LogP contribution is -2.44. The fraction of sp³-hybridized carbons (Fsp3) is 0.333. The van der Waals surface area contributed by atoms with Gasteiger partial charge in [0.05, 0.1) is 30.8 Å². The third-order valence-electron chi connectivity index (χ3n) is 10.8. The molecule has 4 heterocycles. The highest BCUT2D eigenvalue weighted by Crippen LogP contribution is 2.40. The fourth-order valence-electron chi connectivity index (χ4n) is 8.25. The predicted molar refractivity (Wildman–Crippen MR) is 189 cm³/mol. The summed E-state index contributed by atoms with van der Waals surface area (Å²) in [6.45, 7) is 1.54. The van der Waals surface area contributed by atoms with Gasteiger partial charge in [-0.05, 0) is 78.6 Å². The molecule has 1 fully saturated rings. The van der Waals surface area contributed by atoms with E-state index in [0.717, 1.165) is 52.6 Å². The highest BCUT2D eigenvalue weighted by atomic mass is 19.1. The van der Waals surface area contributed by atoms with Gasteiger partial charge < -0.3 is 14.5 Å². The van der Waals surface area contributed by atoms with Gasteiger partial charge in [0.2, 0.25) is 11.8 Å². The first kappa shape index (κ1) is 32.7. The highest BCUT2D eigenvalue weighted by Gasteiger charge is 2.32. The SMILES string of the molecule is COc1cc(-c2c[nH]c(=O)c3c2CCC3)cc(OC)c1CN1CCc2cc(-c3cccc4c3n(C)c(=O)n4C3CCC(=O)NC3=O)cc(F)c2C1. The molecule has 51 heavy (non-hydrogen) atoms. The Morgan fingerprint density at radius 3 is 2.37 bits per heavy atom. The van der Waals surface area contributed by atoms with Crippen LogP contribution < -0.4 is 26.0 Å². The van der Waals surface area contributed by atoms with Gasteiger partial charge in [-0.25, -0.2) is 9.18 Å². The number of pyridine rings is 1. The molecule has 262 valence electrons. The summed E-state index contributed by atoms with van der Waals surface area (Å²) in [6.07, 6.45) is 5.33. The van der Waals surface area contributed by atoms with Gasteiger partial charge in [-0.2, -0.15) is 0 Å². The summed E-state index contributed by atoms with van der Waals surface area (Å²) in [5.74, 6) is 0.132. The minimum absolute atomic E-state index is 0.0296. The number of nitrogens with one attached hydrogen (secondary N) is 2. The molecule has 3 aromatic carbocycles. The number of methoxy groups -OCH3 is 2. The number of imidazole rings is 1. The lowest BCUT2D eigenvalue weighted by atomic mass is 9.93. The normalized spacial score (nSPS) is 17.4. The van der Waals surface area contributed by atoms with Crippen LogP contribution in [0, 0.1) is 5.82 Å². The number of aromatic amines is 1. The van der Waals surface area contributed by atoms with Crippen molar-refractivity contribution in [3.05, 3.63) is 103 Å². The number of aromatic nitrogens is 3. The van der Waals surface area contributed by atoms with Gasteiger partial charge in [-0.15, -0.1) is 0 Å². The molecule has 2 aromatic heterocycles. The molecule has 0 radical (unpaired) electrons. The molecule has 1 unspecified atom stereocenters. The zero-order chi connectivity index (χ0) is 35.6. The number of carbonyl (C=O) groups is 2. The van der Waals surface area contributed by atoms with Crippen molar-refractivity contribution in [3.63, 3.8) is 0 Å². The van der Waals surface area contributed by atoms with Gasteiger partial charge in [0.1, 0.15) is 23.4 Å². The Kier molecular flexibility index (Phi) is 8.13. The molecule has 1 saturated heterocycles. The largest absolute Gasteiger partial charge is 0.496 e. The number of imide groups is 1. The highest BCUT2D eigenvalue weighted by molar-refractivity contribution is 6.01. The second-order valence-electron chi connectivity index (χ2n) is 13.6. The smallest absolute Gasteiger partial charge is 0.329 e. The number of halogens is 1. The molecule has 1 atom stereocenters. The van der Waals surface area contributed by atoms with Gasteiger partial charge in [0, 0.05) is 61.6 Å². The van der Waals surface area contributed by atoms with E-state index in [1.807, 2.05) is 24.3 Å². The first-order valence-electron chi connectivity index (χ1n) is 17.2. The molecule has 5 aromatic rings. The summed E-state index contributed by atoms with van der Waals surface area (Å²) in [5, 5.41) is 2.34. The van der Waals surface area contributed by atoms with E-state index in [1.165, 1.54) is 15.2 Å². The predicted octanol–water partition coefficient (Wildman–Crippen LogP) is 4.54. The summed E-state index contributed by atoms with van der Waals surface area (Å²) in [6, 6.07) is 12.1. The van der Waals surface area contributed by atoms with Crippen LogP contribution in [0.15, 0.2) is 58.3 Å². The van der Waals surface area contributed by atoms with E-state index >= 15 is 4.39 Å². The molecule has 0 bridgehead atoms. The van der Waals surface area contributed by atoms with E-state index in [0.29, 0.717) is 65.3 Å². The molecular weight excluding hydrogens is 653 g/mol. The number of carbonyl (C=O) groups excluding carboxylic acids is 2. The Balaban J connectivity index is 1.09. The van der Waals surface area contributed by atoms with Crippen molar-refractivity contribution < 1.29 is 23.5 Å². The van der Waals surface area contributed by atoms with E-state index in [1.54, 1.807) is 39.6 Å². The van der Waals surface area contributed by atoms with Crippen molar-refractivity contribution in [2.24, 2.45) is 7.05 Å². The van der Waals surface area contributed by atoms with Crippen molar-refractivity contribution in [2.75, 3.05) is 20.8 Å². The van der Waals surface area contributed by atoms with Crippen LogP contribution in [0.2, 0.25) is 0 Å². The number of H-pyrrole nitrogens is 1. The number of rotatable bonds is 7. The first-order chi connectivity index (χ1) is 24.7. The maximum Gasteiger partial charge on any atom is 0.329 e. The van der Waals surface area contributed by atoms with Crippen LogP contribution in [0.1, 0.15) is 53.1 Å². The average molecular weight is 692 g/mol. The number of nitrogens with zero attached hydrogens (tertiary/aromatic N) is 3. The number of amides is 2. The molecule has 11 nitrogen and oxygen atoms in total. The maximum absolute atomic E-state index is 16.1. The summed E-state index contributed by atoms with van der Waals surface area (Å²) >= 11 is 0. The zero-order valence-electron chi connectivity index (χ0n) is 28.7. The van der Waals surface area contributed by atoms with Gasteiger partial charge >= 0.3 is 5.69 Å². The Morgan fingerprint density at radius 2 is 1.63 bits per heavy atom. The Bertz CT molecular complexity index is 2370. The third-order valence-corrected chi connectivity index (χ3v) is 10.8. The van der Waals surface area contributed by atoms with Crippen LogP contribution >= 0.6 is 0 Å². The number of benzene rings is 3. The van der Waals surface area contributed by atoms with Crippen molar-refractivity contribution >= 4 is 22.8 Å². The fourth-order valence-corrected chi connectivity index (χ4v) is 8.25. The molecule has 2 N–H and O–H groups in total. The Labute approximate surface area is 292 Å². The van der Waals surface area contributed by atoms with E-state index in [2.05, 4.69) is 15.2 Å². The average Bonchev–Trinajstić information content (AvgIpc) is 3.72. The van der Waals surface area contributed by atoms with Crippen LogP contribution in [-0.2, 0) is 49.0 Å². The molecule has 2 amide bonds. The molecule has 0 saturated carbocycles. The number of ether oxygens (including phenoxy) is 2. The van der Waals surface area contributed by atoms with Gasteiger partial charge in [-0.1, -0.05) is 18.2 Å². The van der Waals surface area contributed by atoms with Crippen LogP contribution in [0.25, 0.3) is 33.3 Å². The second-order valence-corrected chi connectivity index (χ2v) is 13.6. The minimum Gasteiger partial charge on any atom is -0.496 e. The van der Waals surface area contributed by atoms with Gasteiger partial charge in [-0.3, -0.25) is 33.7 Å². The first-order valence-corrected chi connectivity index (χ1v) is 17.2. The van der Waals surface area contributed by atoms with Crippen LogP contribution in [0.3, 0.4) is 0 Å². The van der Waals surface area contributed by atoms with Crippen molar-refractivity contribution in [1.29, 1.82) is 0 Å². The maximum atomic E-state index is 16.1. The molecule has 1 aliphatic carbocycles. The van der Waals surface area contributed by atoms with Crippen molar-refractivity contribution in [1.82, 2.24) is 24.3 Å². The molecule has 3 aliphatic rings. The van der Waals surface area contributed by atoms with Gasteiger partial charge in [0.25, 0.3) is 5.56 Å². The van der Waals surface area contributed by atoms with Crippen LogP contribution in [-0.4, -0.2) is 51.6 Å². The molecule has 8 rings (SSSR count). The van der Waals surface area contributed by atoms with E-state index in [9.17, 15) is 19.2 Å². The van der Waals surface area contributed by atoms with Crippen LogP contribution in [0.5, 0.6) is 11.5 Å². The lowest BCUT2D eigenvalue weighted by Gasteiger charge is -2.30. The summed E-state index contributed by atoms with van der Waals surface area (Å²) in [5.41, 5.74) is 8.25. The topological polar surface area (TPSA) is 128 Å². The summed E-state index contributed by atoms with van der Waals surface area (Å²) < 4.78 is 30.8. The number of piperidine rings is 1. The Morgan fingerprint density at radius 1 is 0.882 bits per heavy atom. The second kappa shape index (κ2) is 12.7. The van der Waals surface area contributed by atoms with Crippen molar-refractivity contribution in [2.45, 2.75) is 57.7 Å². The third kappa shape index (κ3) is 5.45. The van der Waals surface area contributed by atoms with E-state index in [-0.39, 0.29) is 35.8 Å². The monoisotopic (exact) mass is 691 g/mol. The van der Waals surface area contributed by atoms with Gasteiger partial charge in [0.15, 0.2) is 0 Å². The number of fused-ring (bicyclic) bond motifs is 3. The molecule has 2 aliphatic heterocycles. The van der Waals surface area contributed by atoms with Crippen LogP contribution in [0.4, 0.5) is 4.39 Å². The van der Waals surface area contributed by atoms with Crippen molar-refractivity contribution in [3.8, 4) is 33.8 Å². The minimum atomic E-state index is -0.807. The number of para-hydroxylation sites is 1. The number of aryl methyl sites for hydroxylation is 1. The standard InChI is InChI=1S/C39H38FN5O6/c1-43-36-24(6-5-9-31(36)45(39(43)49)32-10-11-35(46)42-38(32)48)22-14-21-12-13-44(19-28(21)30(40)15-22)20-29-33(50-2)16-23(17-34(29)51-3)27-18-41-37(47)26-8-4-7-25(26)27/h5-6,9,14-18,32H,4,7-8,10-13,19-20H2,1-3H3,(H,41,47)(H,42,46,48). The number of hydrogen-bond acceptors (Lipinski definition) is 7. The summed E-state index contributed by atoms with van der Waals surface area (Å²) in [7, 11) is 4.90. The molecule has 0 spiro atoms. The zero-order valence-corrected chi connectivity index (χ0v) is 28.7. The lowest BCUT2D eigenvalue weighted by molar-refractivity contribution is -0.135.